The largest absolute Gasteiger partial charge is 0.397 e. The molecule has 0 saturated carbocycles. The van der Waals surface area contributed by atoms with Crippen molar-refractivity contribution in [1.29, 1.82) is 0 Å². The first-order valence-electron chi connectivity index (χ1n) is 21.4. The molecule has 0 radical (unpaired) electrons. The van der Waals surface area contributed by atoms with Crippen LogP contribution in [0.2, 0.25) is 0 Å². The third kappa shape index (κ3) is 9.19. The van der Waals surface area contributed by atoms with Crippen molar-refractivity contribution in [3.8, 4) is 11.1 Å². The van der Waals surface area contributed by atoms with Crippen LogP contribution in [0.4, 0.5) is 10.1 Å². The van der Waals surface area contributed by atoms with Crippen molar-refractivity contribution >= 4 is 35.6 Å². The molecular formula is C46H54FN9O4. The first kappa shape index (κ1) is 41.0. The summed E-state index contributed by atoms with van der Waals surface area (Å²) in [5, 5.41) is 8.22. The molecule has 3 N–H and O–H groups in total. The number of anilines is 1. The third-order valence-corrected chi connectivity index (χ3v) is 12.6. The standard InChI is InChI=1S/C46H54FN9O4/c1-2-31-6-5-7-34(24-31)35-27-40(48)43(49-28-35)46(60)55-14-12-32(13-15-55)29-52-16-18-53(19-17-52)30-42(57)54-20-22-56(23-21-54)45(59)38-25-33(10-11-39(38)47)26-41-36-8-3-4-9-37(36)44(58)51-50-41/h5-11,24-25,27-28,32H,2-4,12-23,26,29-30,48H2,1H3,(H,51,58). The number of aromatic amines is 1. The summed E-state index contributed by atoms with van der Waals surface area (Å²) >= 11 is 0. The molecule has 8 rings (SSSR count). The molecule has 3 fully saturated rings. The van der Waals surface area contributed by atoms with Crippen molar-refractivity contribution in [3.05, 3.63) is 109 Å². The van der Waals surface area contributed by atoms with Crippen molar-refractivity contribution in [1.82, 2.24) is 39.7 Å². The second-order valence-electron chi connectivity index (χ2n) is 16.5. The Morgan fingerprint density at radius 3 is 2.22 bits per heavy atom. The van der Waals surface area contributed by atoms with E-state index in [1.165, 1.54) is 11.6 Å². The van der Waals surface area contributed by atoms with Crippen LogP contribution in [0.1, 0.15) is 70.3 Å². The van der Waals surface area contributed by atoms with E-state index in [2.05, 4.69) is 44.0 Å². The van der Waals surface area contributed by atoms with Gasteiger partial charge in [0.1, 0.15) is 5.82 Å². The zero-order chi connectivity index (χ0) is 41.8. The number of carbonyl (C=O) groups is 3. The molecule has 0 unspecified atom stereocenters. The maximum atomic E-state index is 15.0. The summed E-state index contributed by atoms with van der Waals surface area (Å²) in [7, 11) is 0. The van der Waals surface area contributed by atoms with Gasteiger partial charge in [-0.25, -0.2) is 14.5 Å². The molecule has 0 bridgehead atoms. The van der Waals surface area contributed by atoms with E-state index in [1.807, 2.05) is 35.3 Å². The minimum atomic E-state index is -0.590. The smallest absolute Gasteiger partial charge is 0.274 e. The number of pyridine rings is 1. The number of aromatic nitrogens is 3. The molecule has 4 aromatic rings. The number of nitrogens with zero attached hydrogens (tertiary/aromatic N) is 7. The van der Waals surface area contributed by atoms with Crippen LogP contribution >= 0.6 is 0 Å². The number of piperazine rings is 2. The molecule has 14 heteroatoms. The summed E-state index contributed by atoms with van der Waals surface area (Å²) in [6, 6.07) is 14.7. The van der Waals surface area contributed by atoms with Gasteiger partial charge in [0.2, 0.25) is 5.91 Å². The molecule has 314 valence electrons. The second-order valence-corrected chi connectivity index (χ2v) is 16.5. The lowest BCUT2D eigenvalue weighted by Crippen LogP contribution is -2.55. The Hall–Kier alpha value is -5.73. The minimum Gasteiger partial charge on any atom is -0.397 e. The highest BCUT2D eigenvalue weighted by Crippen LogP contribution is 2.26. The lowest BCUT2D eigenvalue weighted by Gasteiger charge is -2.40. The molecular weight excluding hydrogens is 762 g/mol. The molecule has 5 heterocycles. The SMILES string of the molecule is CCc1cccc(-c2cnc(C(=O)N3CCC(CN4CCN(CC(=O)N5CCN(C(=O)c6cc(Cc7n[nH]c(=O)c8c7=CCCC=8)ccc6F)CC5)CC4)CC3)c(N)c2)c1. The number of hydrogen-bond acceptors (Lipinski definition) is 9. The van der Waals surface area contributed by atoms with E-state index in [9.17, 15) is 19.2 Å². The Morgan fingerprint density at radius 2 is 1.48 bits per heavy atom. The average Bonchev–Trinajstić information content (AvgIpc) is 3.28. The molecule has 3 aliphatic heterocycles. The molecule has 1 aliphatic carbocycles. The average molecular weight is 816 g/mol. The molecule has 60 heavy (non-hydrogen) atoms. The van der Waals surface area contributed by atoms with Crippen molar-refractivity contribution in [3.63, 3.8) is 0 Å². The van der Waals surface area contributed by atoms with Crippen LogP contribution < -0.4 is 21.7 Å². The fourth-order valence-corrected chi connectivity index (χ4v) is 8.95. The maximum Gasteiger partial charge on any atom is 0.274 e. The van der Waals surface area contributed by atoms with Crippen LogP contribution in [0.25, 0.3) is 23.3 Å². The molecule has 0 spiro atoms. The lowest BCUT2D eigenvalue weighted by atomic mass is 9.95. The number of likely N-dealkylation sites (tertiary alicyclic amines) is 1. The summed E-state index contributed by atoms with van der Waals surface area (Å²) < 4.78 is 15.0. The zero-order valence-electron chi connectivity index (χ0n) is 34.4. The second kappa shape index (κ2) is 18.3. The highest BCUT2D eigenvalue weighted by Gasteiger charge is 2.30. The van der Waals surface area contributed by atoms with Crippen LogP contribution in [0.5, 0.6) is 0 Å². The van der Waals surface area contributed by atoms with E-state index in [0.717, 1.165) is 86.7 Å². The molecule has 2 aromatic heterocycles. The summed E-state index contributed by atoms with van der Waals surface area (Å²) in [6.07, 6.45) is 10.4. The Kier molecular flexibility index (Phi) is 12.5. The summed E-state index contributed by atoms with van der Waals surface area (Å²) in [5.41, 5.74) is 11.4. The first-order valence-corrected chi connectivity index (χ1v) is 21.4. The topological polar surface area (TPSA) is 152 Å². The van der Waals surface area contributed by atoms with E-state index in [4.69, 9.17) is 5.73 Å². The highest BCUT2D eigenvalue weighted by molar-refractivity contribution is 5.98. The van der Waals surface area contributed by atoms with Crippen LogP contribution in [0.15, 0.2) is 59.5 Å². The van der Waals surface area contributed by atoms with E-state index in [0.29, 0.717) is 80.4 Å². The number of carbonyl (C=O) groups excluding carboxylic acids is 3. The van der Waals surface area contributed by atoms with Gasteiger partial charge in [0.05, 0.1) is 23.5 Å². The summed E-state index contributed by atoms with van der Waals surface area (Å²) in [5.74, 6) is -0.563. The van der Waals surface area contributed by atoms with Gasteiger partial charge in [0.15, 0.2) is 5.69 Å². The predicted molar refractivity (Wildman–Crippen MR) is 229 cm³/mol. The number of aryl methyl sites for hydroxylation is 1. The maximum absolute atomic E-state index is 15.0. The number of halogens is 1. The molecule has 3 amide bonds. The number of nitrogens with two attached hydrogens (primary N) is 1. The van der Waals surface area contributed by atoms with Crippen molar-refractivity contribution in [2.24, 2.45) is 5.92 Å². The van der Waals surface area contributed by atoms with Crippen molar-refractivity contribution < 1.29 is 18.8 Å². The fraction of sp³-hybridized carbons (Fsp3) is 0.435. The van der Waals surface area contributed by atoms with Gasteiger partial charge >= 0.3 is 0 Å². The number of nitrogen functional groups attached to an aromatic ring is 1. The number of benzene rings is 2. The van der Waals surface area contributed by atoms with Gasteiger partial charge in [0, 0.05) is 101 Å². The Morgan fingerprint density at radius 1 is 0.783 bits per heavy atom. The number of piperidine rings is 1. The number of rotatable bonds is 10. The van der Waals surface area contributed by atoms with Gasteiger partial charge in [-0.3, -0.25) is 24.1 Å². The van der Waals surface area contributed by atoms with Gasteiger partial charge in [-0.05, 0) is 72.9 Å². The van der Waals surface area contributed by atoms with Gasteiger partial charge in [-0.1, -0.05) is 49.4 Å². The normalized spacial score (nSPS) is 17.8. The van der Waals surface area contributed by atoms with E-state index in [-0.39, 0.29) is 22.9 Å². The van der Waals surface area contributed by atoms with Crippen LogP contribution in [-0.2, 0) is 17.6 Å². The van der Waals surface area contributed by atoms with E-state index < -0.39 is 11.7 Å². The Bertz CT molecular complexity index is 2430. The minimum absolute atomic E-state index is 0.00384. The van der Waals surface area contributed by atoms with Gasteiger partial charge < -0.3 is 25.3 Å². The fourth-order valence-electron chi connectivity index (χ4n) is 8.95. The number of fused-ring (bicyclic) bond motifs is 1. The highest BCUT2D eigenvalue weighted by atomic mass is 19.1. The number of nitrogens with one attached hydrogen (secondary N) is 1. The van der Waals surface area contributed by atoms with Gasteiger partial charge in [-0.15, -0.1) is 0 Å². The van der Waals surface area contributed by atoms with Crippen LogP contribution in [0, 0.1) is 11.7 Å². The van der Waals surface area contributed by atoms with Gasteiger partial charge in [-0.2, -0.15) is 5.10 Å². The Balaban J connectivity index is 0.757. The number of hydrogen-bond donors (Lipinski definition) is 2. The molecule has 0 atom stereocenters. The summed E-state index contributed by atoms with van der Waals surface area (Å²) in [4.78, 5) is 67.0. The third-order valence-electron chi connectivity index (χ3n) is 12.6. The molecule has 4 aliphatic rings. The number of H-pyrrole nitrogens is 1. The predicted octanol–water partition coefficient (Wildman–Crippen LogP) is 2.52. The number of amides is 3. The first-order chi connectivity index (χ1) is 29.1. The lowest BCUT2D eigenvalue weighted by molar-refractivity contribution is -0.134. The van der Waals surface area contributed by atoms with Crippen molar-refractivity contribution in [2.45, 2.75) is 45.4 Å². The summed E-state index contributed by atoms with van der Waals surface area (Å²) in [6.45, 7) is 9.59. The van der Waals surface area contributed by atoms with Crippen LogP contribution in [-0.4, -0.2) is 136 Å². The van der Waals surface area contributed by atoms with E-state index >= 15 is 4.39 Å². The van der Waals surface area contributed by atoms with Gasteiger partial charge in [0.25, 0.3) is 17.4 Å². The van der Waals surface area contributed by atoms with Crippen molar-refractivity contribution in [2.75, 3.05) is 84.3 Å². The Labute approximate surface area is 349 Å². The quantitative estimate of drug-likeness (QED) is 0.246. The van der Waals surface area contributed by atoms with E-state index in [1.54, 1.807) is 28.1 Å². The zero-order valence-corrected chi connectivity index (χ0v) is 34.4. The molecule has 3 saturated heterocycles. The molecule has 2 aromatic carbocycles. The van der Waals surface area contributed by atoms with Crippen LogP contribution in [0.3, 0.4) is 0 Å². The monoisotopic (exact) mass is 815 g/mol. The molecule has 13 nitrogen and oxygen atoms in total.